The van der Waals surface area contributed by atoms with E-state index in [2.05, 4.69) is 25.9 Å². The summed E-state index contributed by atoms with van der Waals surface area (Å²) < 4.78 is 13.7. The van der Waals surface area contributed by atoms with Crippen molar-refractivity contribution in [2.75, 3.05) is 5.32 Å². The zero-order valence-electron chi connectivity index (χ0n) is 21.5. The molecule has 0 spiro atoms. The van der Waals surface area contributed by atoms with Crippen LogP contribution in [0.1, 0.15) is 56.3 Å². The highest BCUT2D eigenvalue weighted by atomic mass is 16.6. The van der Waals surface area contributed by atoms with Crippen LogP contribution in [0, 0.1) is 24.2 Å². The average Bonchev–Trinajstić information content (AvgIpc) is 3.67. The van der Waals surface area contributed by atoms with E-state index in [1.807, 2.05) is 62.4 Å². The molecule has 0 unspecified atom stereocenters. The third kappa shape index (κ3) is 4.68. The van der Waals surface area contributed by atoms with Crippen molar-refractivity contribution in [1.82, 2.24) is 14.5 Å². The van der Waals surface area contributed by atoms with Gasteiger partial charge in [-0.2, -0.15) is 5.26 Å². The van der Waals surface area contributed by atoms with Crippen LogP contribution < -0.4 is 10.1 Å². The Morgan fingerprint density at radius 3 is 2.58 bits per heavy atom. The molecule has 192 valence electrons. The van der Waals surface area contributed by atoms with Gasteiger partial charge in [0.2, 0.25) is 0 Å². The third-order valence-corrected chi connectivity index (χ3v) is 7.49. The van der Waals surface area contributed by atoms with Crippen molar-refractivity contribution in [1.29, 1.82) is 5.26 Å². The van der Waals surface area contributed by atoms with Crippen molar-refractivity contribution >= 4 is 22.7 Å². The van der Waals surface area contributed by atoms with Crippen LogP contribution in [-0.2, 0) is 4.74 Å². The molecule has 1 amide bonds. The van der Waals surface area contributed by atoms with E-state index in [4.69, 9.17) is 9.47 Å². The van der Waals surface area contributed by atoms with Crippen LogP contribution in [0.2, 0.25) is 0 Å². The van der Waals surface area contributed by atoms with Gasteiger partial charge < -0.3 is 14.0 Å². The number of aryl methyl sites for hydroxylation is 1. The summed E-state index contributed by atoms with van der Waals surface area (Å²) in [6.45, 7) is 3.83. The predicted molar refractivity (Wildman–Crippen MR) is 144 cm³/mol. The average molecular weight is 508 g/mol. The van der Waals surface area contributed by atoms with E-state index < -0.39 is 6.09 Å². The first-order valence-electron chi connectivity index (χ1n) is 13.1. The van der Waals surface area contributed by atoms with Crippen molar-refractivity contribution < 1.29 is 14.3 Å². The molecule has 1 N–H and O–H groups in total. The van der Waals surface area contributed by atoms with Gasteiger partial charge in [-0.25, -0.2) is 14.8 Å². The van der Waals surface area contributed by atoms with Crippen LogP contribution in [0.3, 0.4) is 0 Å². The van der Waals surface area contributed by atoms with E-state index in [1.54, 1.807) is 6.20 Å². The molecule has 38 heavy (non-hydrogen) atoms. The van der Waals surface area contributed by atoms with Crippen LogP contribution in [0.15, 0.2) is 54.7 Å². The minimum atomic E-state index is -0.441. The summed E-state index contributed by atoms with van der Waals surface area (Å²) in [4.78, 5) is 20.9. The van der Waals surface area contributed by atoms with E-state index in [1.165, 1.54) is 0 Å². The molecular formula is C30H29N5O3. The van der Waals surface area contributed by atoms with Gasteiger partial charge in [0.1, 0.15) is 17.9 Å². The Labute approximate surface area is 221 Å². The number of aromatic nitrogens is 3. The molecule has 2 aromatic carbocycles. The van der Waals surface area contributed by atoms with Crippen molar-refractivity contribution in [2.45, 2.75) is 58.1 Å². The standard InChI is InChI=1S/C30H29N5O3/c1-18-14-15-32-29(33-18)38-24-12-13-25-26(17-31)28(35(27(25)16-24)23-4-3-5-23)21-8-10-22(11-9-21)34-30(36)37-19(2)20-6-7-20/h8-16,19-20,23H,3-7H2,1-2H3,(H,34,36)/t19-/m1/s1. The van der Waals surface area contributed by atoms with Crippen LogP contribution in [0.4, 0.5) is 10.5 Å². The minimum absolute atomic E-state index is 0.0722. The SMILES string of the molecule is Cc1ccnc(Oc2ccc3c(C#N)c(-c4ccc(NC(=O)O[C@H](C)C5CC5)cc4)n(C4CCC4)c3c2)n1. The molecule has 8 nitrogen and oxygen atoms in total. The zero-order chi connectivity index (χ0) is 26.2. The van der Waals surface area contributed by atoms with Gasteiger partial charge in [-0.3, -0.25) is 5.32 Å². The first-order valence-corrected chi connectivity index (χ1v) is 13.1. The monoisotopic (exact) mass is 507 g/mol. The Morgan fingerprint density at radius 2 is 1.92 bits per heavy atom. The van der Waals surface area contributed by atoms with Gasteiger partial charge in [-0.15, -0.1) is 0 Å². The quantitative estimate of drug-likeness (QED) is 0.285. The maximum Gasteiger partial charge on any atom is 0.411 e. The largest absolute Gasteiger partial charge is 0.446 e. The molecular weight excluding hydrogens is 478 g/mol. The lowest BCUT2D eigenvalue weighted by atomic mass is 9.92. The molecule has 0 saturated heterocycles. The van der Waals surface area contributed by atoms with Crippen molar-refractivity contribution in [3.8, 4) is 29.1 Å². The van der Waals surface area contributed by atoms with Gasteiger partial charge in [0.25, 0.3) is 0 Å². The predicted octanol–water partition coefficient (Wildman–Crippen LogP) is 7.14. The number of ether oxygens (including phenoxy) is 2. The summed E-state index contributed by atoms with van der Waals surface area (Å²) in [7, 11) is 0. The fourth-order valence-electron chi connectivity index (χ4n) is 5.04. The molecule has 2 heterocycles. The van der Waals surface area contributed by atoms with E-state index in [-0.39, 0.29) is 6.10 Å². The number of benzene rings is 2. The third-order valence-electron chi connectivity index (χ3n) is 7.49. The second kappa shape index (κ2) is 9.82. The lowest BCUT2D eigenvalue weighted by molar-refractivity contribution is 0.108. The number of hydrogen-bond donors (Lipinski definition) is 1. The summed E-state index contributed by atoms with van der Waals surface area (Å²) in [6, 6.07) is 18.2. The van der Waals surface area contributed by atoms with Crippen molar-refractivity contribution in [2.24, 2.45) is 5.92 Å². The number of carbonyl (C=O) groups excluding carboxylic acids is 1. The van der Waals surface area contributed by atoms with Gasteiger partial charge in [0.15, 0.2) is 0 Å². The molecule has 2 aromatic heterocycles. The van der Waals surface area contributed by atoms with E-state index in [0.717, 1.165) is 60.0 Å². The van der Waals surface area contributed by atoms with Crippen LogP contribution in [0.5, 0.6) is 11.8 Å². The molecule has 0 bridgehead atoms. The normalized spacial score (nSPS) is 15.9. The molecule has 0 aliphatic heterocycles. The zero-order valence-corrected chi connectivity index (χ0v) is 21.5. The Hall–Kier alpha value is -4.38. The molecule has 6 rings (SSSR count). The van der Waals surface area contributed by atoms with Gasteiger partial charge in [-0.05, 0) is 87.8 Å². The van der Waals surface area contributed by atoms with Crippen molar-refractivity contribution in [3.05, 3.63) is 66.0 Å². The maximum absolute atomic E-state index is 12.3. The topological polar surface area (TPSA) is 102 Å². The fraction of sp³-hybridized carbons (Fsp3) is 0.333. The summed E-state index contributed by atoms with van der Waals surface area (Å²) in [5, 5.41) is 13.9. The lowest BCUT2D eigenvalue weighted by Gasteiger charge is -2.30. The number of carbonyl (C=O) groups is 1. The van der Waals surface area contributed by atoms with Crippen LogP contribution >= 0.6 is 0 Å². The molecule has 1 atom stereocenters. The number of nitrogens with zero attached hydrogens (tertiary/aromatic N) is 4. The smallest absolute Gasteiger partial charge is 0.411 e. The second-order valence-corrected chi connectivity index (χ2v) is 10.2. The first-order chi connectivity index (χ1) is 18.5. The van der Waals surface area contributed by atoms with Gasteiger partial charge >= 0.3 is 12.1 Å². The molecule has 8 heteroatoms. The lowest BCUT2D eigenvalue weighted by Crippen LogP contribution is -2.21. The van der Waals surface area contributed by atoms with Crippen molar-refractivity contribution in [3.63, 3.8) is 0 Å². The highest BCUT2D eigenvalue weighted by molar-refractivity contribution is 5.96. The van der Waals surface area contributed by atoms with E-state index in [0.29, 0.717) is 35.0 Å². The maximum atomic E-state index is 12.3. The van der Waals surface area contributed by atoms with Crippen LogP contribution in [-0.4, -0.2) is 26.7 Å². The Bertz CT molecular complexity index is 1540. The van der Waals surface area contributed by atoms with E-state index >= 15 is 0 Å². The fourth-order valence-corrected chi connectivity index (χ4v) is 5.04. The Morgan fingerprint density at radius 1 is 1.13 bits per heavy atom. The highest BCUT2D eigenvalue weighted by Crippen LogP contribution is 2.43. The van der Waals surface area contributed by atoms with Crippen LogP contribution in [0.25, 0.3) is 22.2 Å². The molecule has 2 aliphatic carbocycles. The summed E-state index contributed by atoms with van der Waals surface area (Å²) >= 11 is 0. The van der Waals surface area contributed by atoms with Gasteiger partial charge in [-0.1, -0.05) is 12.1 Å². The Kier molecular flexibility index (Phi) is 6.20. The number of nitrogens with one attached hydrogen (secondary N) is 1. The molecule has 4 aromatic rings. The molecule has 2 aliphatic rings. The number of hydrogen-bond acceptors (Lipinski definition) is 6. The van der Waals surface area contributed by atoms with Gasteiger partial charge in [0.05, 0.1) is 16.8 Å². The summed E-state index contributed by atoms with van der Waals surface area (Å²) in [5.41, 5.74) is 4.86. The molecule has 0 radical (unpaired) electrons. The Balaban J connectivity index is 1.33. The number of amides is 1. The minimum Gasteiger partial charge on any atom is -0.446 e. The summed E-state index contributed by atoms with van der Waals surface area (Å²) in [6.07, 6.45) is 6.66. The number of rotatable bonds is 7. The number of fused-ring (bicyclic) bond motifs is 1. The van der Waals surface area contributed by atoms with E-state index in [9.17, 15) is 10.1 Å². The molecule has 2 fully saturated rings. The first kappa shape index (κ1) is 24.0. The number of nitriles is 1. The van der Waals surface area contributed by atoms with Gasteiger partial charge in [0, 0.05) is 35.1 Å². The second-order valence-electron chi connectivity index (χ2n) is 10.2. The summed E-state index contributed by atoms with van der Waals surface area (Å²) in [5.74, 6) is 1.10. The molecule has 2 saturated carbocycles. The highest BCUT2D eigenvalue weighted by Gasteiger charge is 2.31. The number of anilines is 1.